The number of benzene rings is 1. The Morgan fingerprint density at radius 3 is 2.83 bits per heavy atom. The number of aromatic nitrogens is 1. The van der Waals surface area contributed by atoms with E-state index in [1.807, 2.05) is 30.6 Å². The predicted molar refractivity (Wildman–Crippen MR) is 111 cm³/mol. The molecule has 2 aliphatic rings. The van der Waals surface area contributed by atoms with E-state index in [1.54, 1.807) is 6.07 Å². The smallest absolute Gasteiger partial charge is 0.231 e. The zero-order valence-corrected chi connectivity index (χ0v) is 17.2. The van der Waals surface area contributed by atoms with Crippen molar-refractivity contribution in [3.05, 3.63) is 52.8 Å². The van der Waals surface area contributed by atoms with Gasteiger partial charge in [0.25, 0.3) is 0 Å². The summed E-state index contributed by atoms with van der Waals surface area (Å²) in [4.78, 5) is 18.4. The number of aryl methyl sites for hydroxylation is 1. The molecule has 0 bridgehead atoms. The first-order chi connectivity index (χ1) is 14.2. The topological polar surface area (TPSA) is 63.7 Å². The lowest BCUT2D eigenvalue weighted by Crippen LogP contribution is -2.36. The fourth-order valence-electron chi connectivity index (χ4n) is 3.99. The van der Waals surface area contributed by atoms with Crippen molar-refractivity contribution in [2.24, 2.45) is 0 Å². The summed E-state index contributed by atoms with van der Waals surface area (Å²) in [7, 11) is 0. The van der Waals surface area contributed by atoms with Crippen LogP contribution in [0.1, 0.15) is 36.8 Å². The molecule has 7 heteroatoms. The minimum absolute atomic E-state index is 0.245. The second-order valence-electron chi connectivity index (χ2n) is 7.50. The zero-order valence-electron chi connectivity index (χ0n) is 16.4. The molecule has 154 valence electrons. The highest BCUT2D eigenvalue weighted by molar-refractivity contribution is 6.31. The molecule has 2 aromatic rings. The average Bonchev–Trinajstić information content (AvgIpc) is 3.32. The summed E-state index contributed by atoms with van der Waals surface area (Å²) in [5.74, 6) is 1.72. The molecule has 6 nitrogen and oxygen atoms in total. The number of ether oxygens (including phenoxy) is 2. The van der Waals surface area contributed by atoms with E-state index in [9.17, 15) is 4.79 Å². The molecule has 0 radical (unpaired) electrons. The maximum absolute atomic E-state index is 12.3. The van der Waals surface area contributed by atoms with Crippen LogP contribution in [-0.2, 0) is 17.8 Å². The second-order valence-corrected chi connectivity index (χ2v) is 7.91. The Kier molecular flexibility index (Phi) is 6.52. The molecule has 3 heterocycles. The third-order valence-electron chi connectivity index (χ3n) is 5.58. The van der Waals surface area contributed by atoms with Gasteiger partial charge in [-0.3, -0.25) is 9.78 Å². The maximum Gasteiger partial charge on any atom is 0.231 e. The van der Waals surface area contributed by atoms with Crippen LogP contribution in [0.4, 0.5) is 0 Å². The van der Waals surface area contributed by atoms with Crippen molar-refractivity contribution in [1.82, 2.24) is 15.2 Å². The van der Waals surface area contributed by atoms with E-state index in [4.69, 9.17) is 21.1 Å². The summed E-state index contributed by atoms with van der Waals surface area (Å²) >= 11 is 6.33. The number of hydrogen-bond donors (Lipinski definition) is 1. The highest BCUT2D eigenvalue weighted by Gasteiger charge is 2.29. The lowest BCUT2D eigenvalue weighted by Gasteiger charge is -2.25. The number of hydrogen-bond acceptors (Lipinski definition) is 5. The van der Waals surface area contributed by atoms with E-state index in [1.165, 1.54) is 5.56 Å². The molecule has 1 aromatic heterocycles. The van der Waals surface area contributed by atoms with E-state index >= 15 is 0 Å². The van der Waals surface area contributed by atoms with Crippen molar-refractivity contribution in [2.45, 2.75) is 44.7 Å². The molecule has 2 aliphatic heterocycles. The standard InChI is InChI=1S/C22H26ClN3O3/c23-19-13-21-20(28-15-29-21)12-17(19)14-25-10-7-18-3-4-22(27)26(18)11-1-2-16-5-8-24-9-6-16/h5-6,8-9,12-13,18,25H,1-4,7,10-11,14-15H2. The van der Waals surface area contributed by atoms with Crippen LogP contribution in [-0.4, -0.2) is 41.7 Å². The summed E-state index contributed by atoms with van der Waals surface area (Å²) in [5.41, 5.74) is 2.26. The molecular weight excluding hydrogens is 390 g/mol. The predicted octanol–water partition coefficient (Wildman–Crippen LogP) is 3.57. The molecule has 0 spiro atoms. The molecule has 1 aromatic carbocycles. The lowest BCUT2D eigenvalue weighted by atomic mass is 10.1. The molecule has 0 aliphatic carbocycles. The van der Waals surface area contributed by atoms with Crippen molar-refractivity contribution in [3.8, 4) is 11.5 Å². The molecule has 1 N–H and O–H groups in total. The molecule has 1 saturated heterocycles. The third-order valence-corrected chi connectivity index (χ3v) is 5.93. The number of fused-ring (bicyclic) bond motifs is 1. The first-order valence-corrected chi connectivity index (χ1v) is 10.6. The van der Waals surface area contributed by atoms with Crippen molar-refractivity contribution in [2.75, 3.05) is 19.9 Å². The van der Waals surface area contributed by atoms with Gasteiger partial charge in [0.15, 0.2) is 11.5 Å². The average molecular weight is 416 g/mol. The van der Waals surface area contributed by atoms with Gasteiger partial charge in [0.1, 0.15) is 0 Å². The van der Waals surface area contributed by atoms with Crippen molar-refractivity contribution in [1.29, 1.82) is 0 Å². The summed E-state index contributed by atoms with van der Waals surface area (Å²) in [6.45, 7) is 2.57. The second kappa shape index (κ2) is 9.46. The quantitative estimate of drug-likeness (QED) is 0.634. The van der Waals surface area contributed by atoms with Crippen LogP contribution in [0.2, 0.25) is 5.02 Å². The van der Waals surface area contributed by atoms with Gasteiger partial charge in [0, 0.05) is 49.0 Å². The van der Waals surface area contributed by atoms with Crippen molar-refractivity contribution >= 4 is 17.5 Å². The van der Waals surface area contributed by atoms with Crippen LogP contribution in [0.15, 0.2) is 36.7 Å². The summed E-state index contributed by atoms with van der Waals surface area (Å²) in [5, 5.41) is 4.13. The molecule has 1 atom stereocenters. The van der Waals surface area contributed by atoms with E-state index in [2.05, 4.69) is 15.2 Å². The summed E-state index contributed by atoms with van der Waals surface area (Å²) < 4.78 is 10.8. The first-order valence-electron chi connectivity index (χ1n) is 10.2. The van der Waals surface area contributed by atoms with Crippen LogP contribution in [0.25, 0.3) is 0 Å². The molecular formula is C22H26ClN3O3. The van der Waals surface area contributed by atoms with Crippen LogP contribution in [0.3, 0.4) is 0 Å². The largest absolute Gasteiger partial charge is 0.454 e. The summed E-state index contributed by atoms with van der Waals surface area (Å²) in [6.07, 6.45) is 8.14. The Morgan fingerprint density at radius 2 is 2.00 bits per heavy atom. The number of likely N-dealkylation sites (tertiary alicyclic amines) is 1. The molecule has 1 fully saturated rings. The molecule has 29 heavy (non-hydrogen) atoms. The number of amides is 1. The monoisotopic (exact) mass is 415 g/mol. The molecule has 4 rings (SSSR count). The van der Waals surface area contributed by atoms with Gasteiger partial charge in [0.2, 0.25) is 12.7 Å². The van der Waals surface area contributed by atoms with Gasteiger partial charge in [-0.25, -0.2) is 0 Å². The number of carbonyl (C=O) groups is 1. The van der Waals surface area contributed by atoms with Crippen LogP contribution >= 0.6 is 11.6 Å². The number of nitrogens with zero attached hydrogens (tertiary/aromatic N) is 2. The fraction of sp³-hybridized carbons (Fsp3) is 0.455. The summed E-state index contributed by atoms with van der Waals surface area (Å²) in [6, 6.07) is 8.13. The highest BCUT2D eigenvalue weighted by atomic mass is 35.5. The zero-order chi connectivity index (χ0) is 20.1. The Bertz CT molecular complexity index is 847. The Hall–Kier alpha value is -2.31. The lowest BCUT2D eigenvalue weighted by molar-refractivity contribution is -0.129. The van der Waals surface area contributed by atoms with E-state index in [0.29, 0.717) is 29.8 Å². The SMILES string of the molecule is O=C1CCC(CCNCc2cc3c(cc2Cl)OCO3)N1CCCc1ccncc1. The molecule has 1 unspecified atom stereocenters. The number of pyridine rings is 1. The highest BCUT2D eigenvalue weighted by Crippen LogP contribution is 2.36. The number of nitrogens with one attached hydrogen (secondary N) is 1. The number of rotatable bonds is 9. The number of carbonyl (C=O) groups excluding carboxylic acids is 1. The minimum atomic E-state index is 0.245. The van der Waals surface area contributed by atoms with Crippen LogP contribution in [0, 0.1) is 0 Å². The van der Waals surface area contributed by atoms with E-state index in [-0.39, 0.29) is 12.7 Å². The van der Waals surface area contributed by atoms with Crippen molar-refractivity contribution < 1.29 is 14.3 Å². The van der Waals surface area contributed by atoms with Crippen LogP contribution in [0.5, 0.6) is 11.5 Å². The molecule has 0 saturated carbocycles. The Balaban J connectivity index is 1.22. The van der Waals surface area contributed by atoms with Gasteiger partial charge < -0.3 is 19.7 Å². The molecule has 1 amide bonds. The maximum atomic E-state index is 12.3. The van der Waals surface area contributed by atoms with E-state index < -0.39 is 0 Å². The van der Waals surface area contributed by atoms with Gasteiger partial charge in [0.05, 0.1) is 0 Å². The van der Waals surface area contributed by atoms with E-state index in [0.717, 1.165) is 50.1 Å². The number of halogens is 1. The van der Waals surface area contributed by atoms with Gasteiger partial charge in [-0.05, 0) is 61.6 Å². The van der Waals surface area contributed by atoms with Gasteiger partial charge in [-0.2, -0.15) is 0 Å². The fourth-order valence-corrected chi connectivity index (χ4v) is 4.21. The first kappa shape index (κ1) is 20.0. The van der Waals surface area contributed by atoms with Gasteiger partial charge in [-0.1, -0.05) is 11.6 Å². The third kappa shape index (κ3) is 5.00. The normalized spacial score (nSPS) is 17.9. The Morgan fingerprint density at radius 1 is 1.21 bits per heavy atom. The Labute approximate surface area is 176 Å². The van der Waals surface area contributed by atoms with Crippen LogP contribution < -0.4 is 14.8 Å². The van der Waals surface area contributed by atoms with Crippen molar-refractivity contribution in [3.63, 3.8) is 0 Å². The minimum Gasteiger partial charge on any atom is -0.454 e. The van der Waals surface area contributed by atoms with Gasteiger partial charge >= 0.3 is 0 Å². The van der Waals surface area contributed by atoms with Gasteiger partial charge in [-0.15, -0.1) is 0 Å².